The van der Waals surface area contributed by atoms with Gasteiger partial charge >= 0.3 is 6.18 Å². The summed E-state index contributed by atoms with van der Waals surface area (Å²) in [5, 5.41) is 8.51. The number of sulfonamides is 1. The molecule has 0 saturated carbocycles. The molecule has 0 saturated heterocycles. The number of nitrogens with zero attached hydrogens (tertiary/aromatic N) is 2. The fourth-order valence-corrected chi connectivity index (χ4v) is 3.98. The smallest absolute Gasteiger partial charge is 0.229 e. The van der Waals surface area contributed by atoms with E-state index in [1.807, 2.05) is 0 Å². The van der Waals surface area contributed by atoms with Gasteiger partial charge in [0.15, 0.2) is 11.5 Å². The molecule has 0 atom stereocenters. The van der Waals surface area contributed by atoms with Crippen LogP contribution < -0.4 is 5.14 Å². The van der Waals surface area contributed by atoms with Crippen LogP contribution in [0.1, 0.15) is 5.69 Å². The number of halogens is 7. The highest BCUT2D eigenvalue weighted by Crippen LogP contribution is 2.44. The topological polar surface area (TPSA) is 78.0 Å². The second-order valence-corrected chi connectivity index (χ2v) is 8.83. The maximum absolute atomic E-state index is 14.7. The van der Waals surface area contributed by atoms with Crippen LogP contribution in [0.4, 0.5) is 30.7 Å². The van der Waals surface area contributed by atoms with Gasteiger partial charge in [-0.1, -0.05) is 12.1 Å². The third kappa shape index (κ3) is 4.64. The molecule has 4 aromatic rings. The van der Waals surface area contributed by atoms with E-state index in [9.17, 15) is 39.2 Å². The second kappa shape index (κ2) is 8.50. The summed E-state index contributed by atoms with van der Waals surface area (Å²) in [7, 11) is -4.17. The highest BCUT2D eigenvalue weighted by molar-refractivity contribution is 7.89. The largest absolute Gasteiger partial charge is 0.435 e. The zero-order valence-corrected chi connectivity index (χ0v) is 17.9. The van der Waals surface area contributed by atoms with E-state index >= 15 is 0 Å². The van der Waals surface area contributed by atoms with E-state index in [1.54, 1.807) is 0 Å². The number of aromatic nitrogens is 2. The Kier molecular flexibility index (Phi) is 5.93. The molecule has 4 rings (SSSR count). The first-order valence-electron chi connectivity index (χ1n) is 9.51. The first-order valence-corrected chi connectivity index (χ1v) is 11.1. The fraction of sp³-hybridized carbons (Fsp3) is 0.0455. The average molecular weight is 515 g/mol. The first-order chi connectivity index (χ1) is 16.3. The van der Waals surface area contributed by atoms with Crippen LogP contribution >= 0.6 is 0 Å². The Bertz CT molecular complexity index is 1550. The third-order valence-electron chi connectivity index (χ3n) is 4.95. The molecule has 0 spiro atoms. The van der Waals surface area contributed by atoms with E-state index in [0.717, 1.165) is 48.5 Å². The van der Waals surface area contributed by atoms with Crippen LogP contribution in [-0.4, -0.2) is 18.2 Å². The monoisotopic (exact) mass is 515 g/mol. The molecular weight excluding hydrogens is 503 g/mol. The van der Waals surface area contributed by atoms with E-state index in [0.29, 0.717) is 16.8 Å². The van der Waals surface area contributed by atoms with Gasteiger partial charge in [0.25, 0.3) is 0 Å². The molecule has 182 valence electrons. The lowest BCUT2D eigenvalue weighted by Crippen LogP contribution is -2.11. The summed E-state index contributed by atoms with van der Waals surface area (Å²) in [6.07, 6.45) is -5.19. The van der Waals surface area contributed by atoms with Crippen molar-refractivity contribution in [3.05, 3.63) is 89.6 Å². The molecule has 0 aliphatic heterocycles. The third-order valence-corrected chi connectivity index (χ3v) is 5.88. The Morgan fingerprint density at radius 2 is 1.37 bits per heavy atom. The molecule has 13 heteroatoms. The SMILES string of the molecule is NS(=O)(=O)c1ccc(-c2c(-c3ccc(F)cc3F)c(C(F)(F)F)nn2-c2ccc(F)cc2F)cc1. The van der Waals surface area contributed by atoms with Gasteiger partial charge in [-0.3, -0.25) is 0 Å². The maximum Gasteiger partial charge on any atom is 0.435 e. The van der Waals surface area contributed by atoms with Crippen molar-refractivity contribution in [1.82, 2.24) is 9.78 Å². The van der Waals surface area contributed by atoms with Gasteiger partial charge in [0.1, 0.15) is 23.1 Å². The number of primary sulfonamides is 1. The molecule has 0 aliphatic carbocycles. The van der Waals surface area contributed by atoms with Crippen molar-refractivity contribution >= 4 is 10.0 Å². The van der Waals surface area contributed by atoms with E-state index in [1.165, 1.54) is 0 Å². The number of rotatable bonds is 4. The summed E-state index contributed by atoms with van der Waals surface area (Å²) in [5.41, 5.74) is -4.51. The maximum atomic E-state index is 14.7. The van der Waals surface area contributed by atoms with Gasteiger partial charge in [-0.15, -0.1) is 0 Å². The van der Waals surface area contributed by atoms with E-state index < -0.39 is 67.7 Å². The number of benzene rings is 3. The number of hydrogen-bond donors (Lipinski definition) is 1. The van der Waals surface area contributed by atoms with Crippen molar-refractivity contribution in [3.63, 3.8) is 0 Å². The summed E-state index contributed by atoms with van der Waals surface area (Å²) >= 11 is 0. The molecule has 5 nitrogen and oxygen atoms in total. The van der Waals surface area contributed by atoms with Crippen molar-refractivity contribution in [2.75, 3.05) is 0 Å². The quantitative estimate of drug-likeness (QED) is 0.369. The fourth-order valence-electron chi connectivity index (χ4n) is 3.46. The van der Waals surface area contributed by atoms with Crippen LogP contribution in [0.2, 0.25) is 0 Å². The number of alkyl halides is 3. The minimum absolute atomic E-state index is 0.150. The molecule has 2 N–H and O–H groups in total. The minimum Gasteiger partial charge on any atom is -0.229 e. The normalized spacial score (nSPS) is 12.2. The molecule has 0 aliphatic rings. The molecule has 0 fully saturated rings. The van der Waals surface area contributed by atoms with Crippen LogP contribution in [0.5, 0.6) is 0 Å². The van der Waals surface area contributed by atoms with Gasteiger partial charge in [0.2, 0.25) is 10.0 Å². The Balaban J connectivity index is 2.14. The molecule has 0 amide bonds. The Labute approximate surface area is 193 Å². The van der Waals surface area contributed by atoms with Gasteiger partial charge in [0.05, 0.1) is 10.6 Å². The molecule has 3 aromatic carbocycles. The summed E-state index contributed by atoms with van der Waals surface area (Å²) < 4.78 is 122. The lowest BCUT2D eigenvalue weighted by Gasteiger charge is -2.13. The van der Waals surface area contributed by atoms with Crippen molar-refractivity contribution < 1.29 is 39.2 Å². The summed E-state index contributed by atoms with van der Waals surface area (Å²) in [5.74, 6) is -4.72. The van der Waals surface area contributed by atoms with Crippen LogP contribution in [0.25, 0.3) is 28.1 Å². The van der Waals surface area contributed by atoms with Gasteiger partial charge < -0.3 is 0 Å². The Hall–Kier alpha value is -3.71. The van der Waals surface area contributed by atoms with E-state index in [4.69, 9.17) is 5.14 Å². The molecule has 1 heterocycles. The molecule has 1 aromatic heterocycles. The minimum atomic E-state index is -5.19. The summed E-state index contributed by atoms with van der Waals surface area (Å²) in [4.78, 5) is -0.383. The Morgan fingerprint density at radius 1 is 0.800 bits per heavy atom. The summed E-state index contributed by atoms with van der Waals surface area (Å²) in [6.45, 7) is 0. The van der Waals surface area contributed by atoms with Gasteiger partial charge in [0, 0.05) is 28.8 Å². The van der Waals surface area contributed by atoms with Gasteiger partial charge in [-0.05, 0) is 36.4 Å². The van der Waals surface area contributed by atoms with Crippen LogP contribution in [0.15, 0.2) is 65.6 Å². The van der Waals surface area contributed by atoms with Gasteiger partial charge in [-0.2, -0.15) is 18.3 Å². The van der Waals surface area contributed by atoms with Crippen molar-refractivity contribution in [2.45, 2.75) is 11.1 Å². The number of hydrogen-bond acceptors (Lipinski definition) is 3. The molecule has 0 unspecified atom stereocenters. The van der Waals surface area contributed by atoms with E-state index in [2.05, 4.69) is 5.10 Å². The zero-order chi connectivity index (χ0) is 25.7. The van der Waals surface area contributed by atoms with Crippen molar-refractivity contribution in [2.24, 2.45) is 5.14 Å². The predicted octanol–water partition coefficient (Wildman–Crippen LogP) is 5.43. The van der Waals surface area contributed by atoms with Gasteiger partial charge in [-0.25, -0.2) is 35.8 Å². The van der Waals surface area contributed by atoms with Crippen LogP contribution in [-0.2, 0) is 16.2 Å². The van der Waals surface area contributed by atoms with Crippen molar-refractivity contribution in [3.8, 4) is 28.1 Å². The standard InChI is InChI=1S/C22H12F7N3O2S/c23-12-3-7-15(16(25)9-12)19-20(11-1-5-14(6-2-11)35(30,33)34)32(31-21(19)22(27,28)29)18-8-4-13(24)10-17(18)26/h1-10H,(H2,30,33,34). The van der Waals surface area contributed by atoms with Crippen molar-refractivity contribution in [1.29, 1.82) is 0 Å². The lowest BCUT2D eigenvalue weighted by atomic mass is 9.97. The molecular formula is C22H12F7N3O2S. The van der Waals surface area contributed by atoms with Crippen LogP contribution in [0, 0.1) is 23.3 Å². The molecule has 35 heavy (non-hydrogen) atoms. The number of nitrogens with two attached hydrogens (primary N) is 1. The highest BCUT2D eigenvalue weighted by Gasteiger charge is 2.41. The first kappa shape index (κ1) is 24.4. The lowest BCUT2D eigenvalue weighted by molar-refractivity contribution is -0.140. The zero-order valence-electron chi connectivity index (χ0n) is 17.1. The molecule has 0 radical (unpaired) electrons. The summed E-state index contributed by atoms with van der Waals surface area (Å²) in [6, 6.07) is 7.91. The average Bonchev–Trinajstić information content (AvgIpc) is 3.14. The second-order valence-electron chi connectivity index (χ2n) is 7.27. The Morgan fingerprint density at radius 3 is 1.89 bits per heavy atom. The van der Waals surface area contributed by atoms with E-state index in [-0.39, 0.29) is 10.5 Å². The predicted molar refractivity (Wildman–Crippen MR) is 111 cm³/mol. The van der Waals surface area contributed by atoms with Crippen LogP contribution in [0.3, 0.4) is 0 Å². The molecule has 0 bridgehead atoms. The highest BCUT2D eigenvalue weighted by atomic mass is 32.2.